The van der Waals surface area contributed by atoms with Crippen LogP contribution in [0.3, 0.4) is 0 Å². The molecule has 2 nitrogen and oxygen atoms in total. The molecule has 0 amide bonds. The minimum Gasteiger partial charge on any atom is -0.357 e. The van der Waals surface area contributed by atoms with Crippen LogP contribution >= 0.6 is 11.8 Å². The monoisotopic (exact) mass is 304 g/mol. The van der Waals surface area contributed by atoms with Crippen molar-refractivity contribution in [1.82, 2.24) is 5.32 Å². The second-order valence-electron chi connectivity index (χ2n) is 4.78. The van der Waals surface area contributed by atoms with Crippen molar-refractivity contribution in [2.24, 2.45) is 4.99 Å². The number of rotatable bonds is 3. The predicted octanol–water partition coefficient (Wildman–Crippen LogP) is 3.90. The van der Waals surface area contributed by atoms with E-state index in [4.69, 9.17) is 0 Å². The summed E-state index contributed by atoms with van der Waals surface area (Å²) in [4.78, 5) is 4.37. The minimum atomic E-state index is -0.568. The van der Waals surface area contributed by atoms with Crippen LogP contribution in [0.4, 0.5) is 8.78 Å². The van der Waals surface area contributed by atoms with Crippen LogP contribution in [-0.2, 0) is 6.54 Å². The summed E-state index contributed by atoms with van der Waals surface area (Å²) in [5, 5.41) is 4.12. The van der Waals surface area contributed by atoms with Crippen LogP contribution in [0.15, 0.2) is 53.5 Å². The maximum absolute atomic E-state index is 13.5. The Hall–Kier alpha value is -1.88. The van der Waals surface area contributed by atoms with Gasteiger partial charge in [0.25, 0.3) is 0 Å². The highest BCUT2D eigenvalue weighted by Gasteiger charge is 2.21. The smallest absolute Gasteiger partial charge is 0.157 e. The topological polar surface area (TPSA) is 24.4 Å². The van der Waals surface area contributed by atoms with Crippen molar-refractivity contribution in [3.8, 4) is 0 Å². The Labute approximate surface area is 126 Å². The van der Waals surface area contributed by atoms with Gasteiger partial charge in [0.1, 0.15) is 11.6 Å². The maximum atomic E-state index is 13.5. The fourth-order valence-corrected chi connectivity index (χ4v) is 3.14. The number of hydrogen-bond donors (Lipinski definition) is 1. The molecule has 2 aromatic carbocycles. The molecule has 1 aliphatic rings. The Balaban J connectivity index is 1.66. The number of hydrogen-bond acceptors (Lipinski definition) is 2. The van der Waals surface area contributed by atoms with Crippen LogP contribution in [0.1, 0.15) is 17.2 Å². The summed E-state index contributed by atoms with van der Waals surface area (Å²) < 4.78 is 26.4. The molecule has 5 heteroatoms. The van der Waals surface area contributed by atoms with Gasteiger partial charge in [0, 0.05) is 17.4 Å². The lowest BCUT2D eigenvalue weighted by Gasteiger charge is -2.09. The normalized spacial score (nSPS) is 19.7. The molecule has 1 N–H and O–H groups in total. The van der Waals surface area contributed by atoms with Gasteiger partial charge in [-0.25, -0.2) is 8.78 Å². The van der Waals surface area contributed by atoms with E-state index >= 15 is 0 Å². The highest BCUT2D eigenvalue weighted by atomic mass is 32.2. The second kappa shape index (κ2) is 6.26. The largest absolute Gasteiger partial charge is 0.357 e. The van der Waals surface area contributed by atoms with E-state index in [1.165, 1.54) is 17.7 Å². The SMILES string of the molecule is Fc1ccc(CN=C2NC(c3ccccc3)CS2)c(F)c1. The molecule has 0 bridgehead atoms. The molecule has 0 spiro atoms. The van der Waals surface area contributed by atoms with Crippen molar-refractivity contribution >= 4 is 16.9 Å². The molecule has 1 atom stereocenters. The summed E-state index contributed by atoms with van der Waals surface area (Å²) in [6.45, 7) is 0.211. The standard InChI is InChI=1S/C16H14F2N2S/c17-13-7-6-12(14(18)8-13)9-19-16-20-15(10-21-16)11-4-2-1-3-5-11/h1-8,15H,9-10H2,(H,19,20). The third-order valence-electron chi connectivity index (χ3n) is 3.29. The molecule has 1 fully saturated rings. The van der Waals surface area contributed by atoms with Gasteiger partial charge in [0.05, 0.1) is 12.6 Å². The molecule has 0 aromatic heterocycles. The molecule has 1 aliphatic heterocycles. The molecule has 3 rings (SSSR count). The zero-order chi connectivity index (χ0) is 14.7. The Morgan fingerprint density at radius 3 is 2.71 bits per heavy atom. The van der Waals surface area contributed by atoms with E-state index < -0.39 is 11.6 Å². The molecular formula is C16H14F2N2S. The zero-order valence-electron chi connectivity index (χ0n) is 11.2. The van der Waals surface area contributed by atoms with Crippen molar-refractivity contribution in [3.63, 3.8) is 0 Å². The van der Waals surface area contributed by atoms with E-state index in [1.807, 2.05) is 18.2 Å². The van der Waals surface area contributed by atoms with Crippen molar-refractivity contribution < 1.29 is 8.78 Å². The van der Waals surface area contributed by atoms with Gasteiger partial charge in [-0.2, -0.15) is 0 Å². The van der Waals surface area contributed by atoms with Crippen molar-refractivity contribution in [2.75, 3.05) is 5.75 Å². The molecule has 0 aliphatic carbocycles. The maximum Gasteiger partial charge on any atom is 0.157 e. The van der Waals surface area contributed by atoms with Gasteiger partial charge >= 0.3 is 0 Å². The molecule has 1 heterocycles. The first-order valence-corrected chi connectivity index (χ1v) is 7.63. The first-order valence-electron chi connectivity index (χ1n) is 6.65. The van der Waals surface area contributed by atoms with E-state index in [2.05, 4.69) is 22.4 Å². The highest BCUT2D eigenvalue weighted by Crippen LogP contribution is 2.26. The summed E-state index contributed by atoms with van der Waals surface area (Å²) in [6, 6.07) is 13.9. The summed E-state index contributed by atoms with van der Waals surface area (Å²) in [5.74, 6) is -0.224. The van der Waals surface area contributed by atoms with Gasteiger partial charge in [0.2, 0.25) is 0 Å². The first kappa shape index (κ1) is 14.1. The number of halogens is 2. The summed E-state index contributed by atoms with van der Waals surface area (Å²) in [6.07, 6.45) is 0. The van der Waals surface area contributed by atoms with Crippen LogP contribution in [0.25, 0.3) is 0 Å². The summed E-state index contributed by atoms with van der Waals surface area (Å²) >= 11 is 1.62. The predicted molar refractivity (Wildman–Crippen MR) is 82.3 cm³/mol. The molecule has 21 heavy (non-hydrogen) atoms. The fourth-order valence-electron chi connectivity index (χ4n) is 2.16. The van der Waals surface area contributed by atoms with E-state index in [1.54, 1.807) is 11.8 Å². The third kappa shape index (κ3) is 3.42. The molecule has 0 saturated carbocycles. The first-order chi connectivity index (χ1) is 10.2. The number of benzene rings is 2. The number of thioether (sulfide) groups is 1. The van der Waals surface area contributed by atoms with Gasteiger partial charge < -0.3 is 5.32 Å². The zero-order valence-corrected chi connectivity index (χ0v) is 12.0. The number of amidine groups is 1. The number of nitrogens with one attached hydrogen (secondary N) is 1. The lowest BCUT2D eigenvalue weighted by molar-refractivity contribution is 0.572. The average molecular weight is 304 g/mol. The van der Waals surface area contributed by atoms with Gasteiger partial charge in [-0.15, -0.1) is 0 Å². The van der Waals surface area contributed by atoms with Gasteiger partial charge in [0.15, 0.2) is 5.17 Å². The van der Waals surface area contributed by atoms with Gasteiger partial charge in [-0.05, 0) is 11.6 Å². The lowest BCUT2D eigenvalue weighted by Crippen LogP contribution is -2.19. The molecule has 2 aromatic rings. The van der Waals surface area contributed by atoms with E-state index in [0.29, 0.717) is 5.56 Å². The summed E-state index contributed by atoms with van der Waals surface area (Å²) in [7, 11) is 0. The minimum absolute atomic E-state index is 0.211. The number of aliphatic imine (C=N–C) groups is 1. The molecular weight excluding hydrogens is 290 g/mol. The highest BCUT2D eigenvalue weighted by molar-refractivity contribution is 8.14. The van der Waals surface area contributed by atoms with E-state index in [0.717, 1.165) is 17.0 Å². The molecule has 108 valence electrons. The van der Waals surface area contributed by atoms with Crippen LogP contribution < -0.4 is 5.32 Å². The van der Waals surface area contributed by atoms with Crippen LogP contribution in [0.2, 0.25) is 0 Å². The van der Waals surface area contributed by atoms with Crippen molar-refractivity contribution in [1.29, 1.82) is 0 Å². The van der Waals surface area contributed by atoms with E-state index in [9.17, 15) is 8.78 Å². The van der Waals surface area contributed by atoms with Crippen molar-refractivity contribution in [3.05, 3.63) is 71.3 Å². The average Bonchev–Trinajstić information content (AvgIpc) is 2.96. The van der Waals surface area contributed by atoms with Gasteiger partial charge in [-0.3, -0.25) is 4.99 Å². The van der Waals surface area contributed by atoms with Crippen LogP contribution in [0, 0.1) is 11.6 Å². The van der Waals surface area contributed by atoms with E-state index in [-0.39, 0.29) is 12.6 Å². The quantitative estimate of drug-likeness (QED) is 0.930. The van der Waals surface area contributed by atoms with Crippen LogP contribution in [0.5, 0.6) is 0 Å². The third-order valence-corrected chi connectivity index (χ3v) is 4.31. The lowest BCUT2D eigenvalue weighted by atomic mass is 10.1. The molecule has 1 saturated heterocycles. The number of nitrogens with zero attached hydrogens (tertiary/aromatic N) is 1. The Bertz CT molecular complexity index is 659. The Morgan fingerprint density at radius 2 is 1.95 bits per heavy atom. The Kier molecular flexibility index (Phi) is 4.20. The molecule has 1 unspecified atom stereocenters. The van der Waals surface area contributed by atoms with Gasteiger partial charge in [-0.1, -0.05) is 48.2 Å². The second-order valence-corrected chi connectivity index (χ2v) is 5.78. The Morgan fingerprint density at radius 1 is 1.14 bits per heavy atom. The molecule has 0 radical (unpaired) electrons. The fraction of sp³-hybridized carbons (Fsp3) is 0.188. The summed E-state index contributed by atoms with van der Waals surface area (Å²) in [5.41, 5.74) is 1.61. The van der Waals surface area contributed by atoms with Crippen molar-refractivity contribution in [2.45, 2.75) is 12.6 Å². The van der Waals surface area contributed by atoms with Crippen LogP contribution in [-0.4, -0.2) is 10.9 Å².